The van der Waals surface area contributed by atoms with E-state index in [0.717, 1.165) is 69.7 Å². The molecule has 2 atom stereocenters. The zero-order valence-corrected chi connectivity index (χ0v) is 18.2. The molecule has 164 valence electrons. The highest BCUT2D eigenvalue weighted by Gasteiger charge is 2.46. The van der Waals surface area contributed by atoms with Crippen LogP contribution in [0.3, 0.4) is 0 Å². The molecule has 0 amide bonds. The fourth-order valence-corrected chi connectivity index (χ4v) is 5.21. The largest absolute Gasteiger partial charge is 1.00 e. The zero-order chi connectivity index (χ0) is 20.1. The molecule has 30 heavy (non-hydrogen) atoms. The van der Waals surface area contributed by atoms with Crippen LogP contribution in [0.4, 0.5) is 4.39 Å². The van der Waals surface area contributed by atoms with Crippen molar-refractivity contribution in [2.45, 2.75) is 43.6 Å². The van der Waals surface area contributed by atoms with Crippen LogP contribution in [-0.2, 0) is 10.3 Å². The van der Waals surface area contributed by atoms with Crippen LogP contribution in [-0.4, -0.2) is 42.9 Å². The molecule has 0 bridgehead atoms. The number of rotatable bonds is 6. The van der Waals surface area contributed by atoms with Crippen molar-refractivity contribution in [3.05, 3.63) is 71.5 Å². The summed E-state index contributed by atoms with van der Waals surface area (Å²) in [6.45, 7) is 4.01. The maximum Gasteiger partial charge on any atom is 0.123 e. The summed E-state index contributed by atoms with van der Waals surface area (Å²) in [5.41, 5.74) is 0.970. The molecule has 1 saturated carbocycles. The SMILES string of the molecule is OC(c1ccc(F)cc1)(C1CCCCC1)C(CN1CCOCC1)c1ccccc1.[Cl-]. The molecule has 1 saturated heterocycles. The van der Waals surface area contributed by atoms with Gasteiger partial charge in [-0.25, -0.2) is 4.39 Å². The van der Waals surface area contributed by atoms with Crippen LogP contribution >= 0.6 is 0 Å². The quantitative estimate of drug-likeness (QED) is 0.754. The van der Waals surface area contributed by atoms with Gasteiger partial charge in [-0.05, 0) is 42.0 Å². The fourth-order valence-electron chi connectivity index (χ4n) is 5.21. The molecule has 3 nitrogen and oxygen atoms in total. The third-order valence-electron chi connectivity index (χ3n) is 6.81. The topological polar surface area (TPSA) is 32.7 Å². The van der Waals surface area contributed by atoms with E-state index in [1.165, 1.54) is 18.6 Å². The van der Waals surface area contributed by atoms with E-state index in [1.807, 2.05) is 18.2 Å². The van der Waals surface area contributed by atoms with Gasteiger partial charge in [-0.15, -0.1) is 0 Å². The first-order valence-electron chi connectivity index (χ1n) is 11.0. The number of hydrogen-bond acceptors (Lipinski definition) is 3. The van der Waals surface area contributed by atoms with Gasteiger partial charge in [0, 0.05) is 25.6 Å². The van der Waals surface area contributed by atoms with Gasteiger partial charge in [0.2, 0.25) is 0 Å². The highest BCUT2D eigenvalue weighted by Crippen LogP contribution is 2.48. The van der Waals surface area contributed by atoms with Crippen LogP contribution in [0.5, 0.6) is 0 Å². The van der Waals surface area contributed by atoms with Gasteiger partial charge in [-0.3, -0.25) is 4.90 Å². The molecule has 2 fully saturated rings. The smallest absolute Gasteiger partial charge is 0.123 e. The Bertz CT molecular complexity index is 760. The van der Waals surface area contributed by atoms with Crippen LogP contribution in [0.25, 0.3) is 0 Å². The van der Waals surface area contributed by atoms with Gasteiger partial charge in [0.05, 0.1) is 13.2 Å². The number of hydrogen-bond donors (Lipinski definition) is 1. The van der Waals surface area contributed by atoms with Gasteiger partial charge >= 0.3 is 0 Å². The standard InChI is InChI=1S/C25H32FNO2.ClH/c26-23-13-11-22(12-14-23)25(28,21-9-5-2-6-10-21)24(20-7-3-1-4-8-20)19-27-15-17-29-18-16-27;/h1,3-4,7-8,11-14,21,24,28H,2,5-6,9-10,15-19H2;1H/p-1. The number of nitrogens with zero attached hydrogens (tertiary/aromatic N) is 1. The first-order chi connectivity index (χ1) is 14.2. The molecule has 2 unspecified atom stereocenters. The van der Waals surface area contributed by atoms with Gasteiger partial charge in [0.1, 0.15) is 11.4 Å². The number of ether oxygens (including phenoxy) is 1. The van der Waals surface area contributed by atoms with E-state index in [0.29, 0.717) is 0 Å². The molecule has 4 rings (SSSR count). The van der Waals surface area contributed by atoms with E-state index in [-0.39, 0.29) is 30.1 Å². The van der Waals surface area contributed by atoms with Crippen molar-refractivity contribution < 1.29 is 26.6 Å². The molecular formula is C25H32ClFNO2-. The summed E-state index contributed by atoms with van der Waals surface area (Å²) in [4.78, 5) is 2.40. The lowest BCUT2D eigenvalue weighted by atomic mass is 9.65. The Kier molecular flexibility index (Phi) is 8.29. The Balaban J connectivity index is 0.00000256. The maximum atomic E-state index is 13.7. The Morgan fingerprint density at radius 2 is 1.60 bits per heavy atom. The van der Waals surface area contributed by atoms with Gasteiger partial charge < -0.3 is 22.3 Å². The molecule has 1 aliphatic carbocycles. The van der Waals surface area contributed by atoms with Crippen LogP contribution in [0.1, 0.15) is 49.1 Å². The van der Waals surface area contributed by atoms with Crippen LogP contribution in [0, 0.1) is 11.7 Å². The average Bonchev–Trinajstić information content (AvgIpc) is 2.79. The van der Waals surface area contributed by atoms with Crippen molar-refractivity contribution in [2.75, 3.05) is 32.8 Å². The molecule has 2 aromatic rings. The van der Waals surface area contributed by atoms with E-state index < -0.39 is 5.60 Å². The lowest BCUT2D eigenvalue weighted by Gasteiger charge is -2.46. The third kappa shape index (κ3) is 5.05. The first-order valence-corrected chi connectivity index (χ1v) is 11.0. The summed E-state index contributed by atoms with van der Waals surface area (Å²) in [6.07, 6.45) is 5.55. The predicted octanol–water partition coefficient (Wildman–Crippen LogP) is 1.71. The highest BCUT2D eigenvalue weighted by molar-refractivity contribution is 5.33. The minimum absolute atomic E-state index is 0. The minimum Gasteiger partial charge on any atom is -1.00 e. The van der Waals surface area contributed by atoms with Crippen molar-refractivity contribution in [3.63, 3.8) is 0 Å². The summed E-state index contributed by atoms with van der Waals surface area (Å²) in [6, 6.07) is 16.9. The lowest BCUT2D eigenvalue weighted by molar-refractivity contribution is -0.0758. The number of benzene rings is 2. The third-order valence-corrected chi connectivity index (χ3v) is 6.81. The van der Waals surface area contributed by atoms with Crippen LogP contribution in [0.15, 0.2) is 54.6 Å². The second-order valence-corrected chi connectivity index (χ2v) is 8.54. The van der Waals surface area contributed by atoms with E-state index in [2.05, 4.69) is 17.0 Å². The second-order valence-electron chi connectivity index (χ2n) is 8.54. The van der Waals surface area contributed by atoms with Crippen LogP contribution in [0.2, 0.25) is 0 Å². The average molecular weight is 433 g/mol. The van der Waals surface area contributed by atoms with Gasteiger partial charge in [0.15, 0.2) is 0 Å². The van der Waals surface area contributed by atoms with Gasteiger partial charge in [0.25, 0.3) is 0 Å². The molecular weight excluding hydrogens is 401 g/mol. The summed E-state index contributed by atoms with van der Waals surface area (Å²) in [7, 11) is 0. The monoisotopic (exact) mass is 432 g/mol. The van der Waals surface area contributed by atoms with Crippen molar-refractivity contribution in [1.29, 1.82) is 0 Å². The molecule has 1 aliphatic heterocycles. The lowest BCUT2D eigenvalue weighted by Crippen LogP contribution is -3.00. The van der Waals surface area contributed by atoms with Crippen molar-refractivity contribution >= 4 is 0 Å². The first kappa shape index (κ1) is 23.2. The van der Waals surface area contributed by atoms with Gasteiger partial charge in [-0.1, -0.05) is 61.7 Å². The Hall–Kier alpha value is -1.46. The summed E-state index contributed by atoms with van der Waals surface area (Å²) in [5, 5.41) is 12.5. The molecule has 2 aromatic carbocycles. The Morgan fingerprint density at radius 3 is 2.23 bits per heavy atom. The number of aliphatic hydroxyl groups is 1. The fraction of sp³-hybridized carbons (Fsp3) is 0.520. The Labute approximate surface area is 185 Å². The number of halogens is 2. The van der Waals surface area contributed by atoms with Crippen molar-refractivity contribution in [1.82, 2.24) is 4.90 Å². The molecule has 5 heteroatoms. The molecule has 0 aromatic heterocycles. The van der Waals surface area contributed by atoms with Gasteiger partial charge in [-0.2, -0.15) is 0 Å². The summed E-state index contributed by atoms with van der Waals surface area (Å²) >= 11 is 0. The molecule has 1 heterocycles. The predicted molar refractivity (Wildman–Crippen MR) is 113 cm³/mol. The Morgan fingerprint density at radius 1 is 0.967 bits per heavy atom. The molecule has 0 spiro atoms. The zero-order valence-electron chi connectivity index (χ0n) is 17.5. The molecule has 2 aliphatic rings. The molecule has 1 N–H and O–H groups in total. The highest BCUT2D eigenvalue weighted by atomic mass is 35.5. The van der Waals surface area contributed by atoms with Crippen LogP contribution < -0.4 is 12.4 Å². The minimum atomic E-state index is -1.02. The molecule has 0 radical (unpaired) electrons. The normalized spacial score (nSPS) is 21.4. The van der Waals surface area contributed by atoms with E-state index in [9.17, 15) is 9.50 Å². The summed E-state index contributed by atoms with van der Waals surface area (Å²) < 4.78 is 19.3. The number of morpholine rings is 1. The van der Waals surface area contributed by atoms with Crippen molar-refractivity contribution in [3.8, 4) is 0 Å². The summed E-state index contributed by atoms with van der Waals surface area (Å²) in [5.74, 6) is -0.160. The van der Waals surface area contributed by atoms with E-state index in [1.54, 1.807) is 12.1 Å². The van der Waals surface area contributed by atoms with E-state index in [4.69, 9.17) is 4.74 Å². The second kappa shape index (κ2) is 10.7. The van der Waals surface area contributed by atoms with Crippen molar-refractivity contribution in [2.24, 2.45) is 5.92 Å². The maximum absolute atomic E-state index is 13.7. The van der Waals surface area contributed by atoms with E-state index >= 15 is 0 Å².